The summed E-state index contributed by atoms with van der Waals surface area (Å²) in [7, 11) is 0. The van der Waals surface area contributed by atoms with Gasteiger partial charge in [-0.2, -0.15) is 9.67 Å². The van der Waals surface area contributed by atoms with Crippen LogP contribution in [0.3, 0.4) is 0 Å². The Morgan fingerprint density at radius 1 is 1.08 bits per heavy atom. The third-order valence-corrected chi connectivity index (χ3v) is 4.67. The minimum atomic E-state index is 0.482. The zero-order chi connectivity index (χ0) is 17.8. The minimum Gasteiger partial charge on any atom is -0.338 e. The summed E-state index contributed by atoms with van der Waals surface area (Å²) in [6, 6.07) is 17.3. The van der Waals surface area contributed by atoms with Crippen molar-refractivity contribution in [3.05, 3.63) is 76.9 Å². The van der Waals surface area contributed by atoms with E-state index in [9.17, 15) is 0 Å². The van der Waals surface area contributed by atoms with Gasteiger partial charge in [-0.3, -0.25) is 0 Å². The maximum atomic E-state index is 6.00. The molecule has 0 saturated heterocycles. The standard InChI is InChI=1S/C17H13ClN6OS/c18-13-6-4-5-12(9-13)10-15-19-16(25-21-15)11-26-17-20-22-23-24(17)14-7-2-1-3-8-14/h1-9H,10-11H2. The number of tetrazole rings is 1. The molecular formula is C17H13ClN6OS. The van der Waals surface area contributed by atoms with Crippen molar-refractivity contribution in [2.24, 2.45) is 0 Å². The van der Waals surface area contributed by atoms with E-state index in [1.54, 1.807) is 4.68 Å². The molecule has 26 heavy (non-hydrogen) atoms. The van der Waals surface area contributed by atoms with E-state index in [0.29, 0.717) is 34.1 Å². The van der Waals surface area contributed by atoms with Crippen LogP contribution in [0.15, 0.2) is 64.3 Å². The first-order valence-corrected chi connectivity index (χ1v) is 9.17. The van der Waals surface area contributed by atoms with Gasteiger partial charge in [-0.15, -0.1) is 5.10 Å². The molecule has 9 heteroatoms. The van der Waals surface area contributed by atoms with Gasteiger partial charge in [0.2, 0.25) is 11.0 Å². The van der Waals surface area contributed by atoms with Crippen LogP contribution in [0.25, 0.3) is 5.69 Å². The summed E-state index contributed by atoms with van der Waals surface area (Å²) in [5.74, 6) is 1.62. The van der Waals surface area contributed by atoms with E-state index in [1.807, 2.05) is 54.6 Å². The first-order valence-electron chi connectivity index (χ1n) is 7.80. The smallest absolute Gasteiger partial charge is 0.237 e. The molecule has 0 aliphatic carbocycles. The minimum absolute atomic E-state index is 0.482. The van der Waals surface area contributed by atoms with Crippen LogP contribution in [0.5, 0.6) is 0 Å². The van der Waals surface area contributed by atoms with Crippen molar-refractivity contribution in [2.75, 3.05) is 0 Å². The molecule has 7 nitrogen and oxygen atoms in total. The Bertz CT molecular complexity index is 1000. The molecule has 4 rings (SSSR count). The summed E-state index contributed by atoms with van der Waals surface area (Å²) >= 11 is 7.43. The van der Waals surface area contributed by atoms with Gasteiger partial charge in [-0.25, -0.2) is 0 Å². The van der Waals surface area contributed by atoms with Crippen molar-refractivity contribution in [3.8, 4) is 5.69 Å². The lowest BCUT2D eigenvalue weighted by Crippen LogP contribution is -1.98. The maximum Gasteiger partial charge on any atom is 0.237 e. The van der Waals surface area contributed by atoms with Gasteiger partial charge in [-0.1, -0.05) is 58.9 Å². The first-order chi connectivity index (χ1) is 12.8. The van der Waals surface area contributed by atoms with Gasteiger partial charge in [0.05, 0.1) is 11.4 Å². The van der Waals surface area contributed by atoms with Crippen LogP contribution < -0.4 is 0 Å². The summed E-state index contributed by atoms with van der Waals surface area (Å²) in [5, 5.41) is 17.2. The van der Waals surface area contributed by atoms with Crippen LogP contribution in [-0.4, -0.2) is 30.3 Å². The fourth-order valence-corrected chi connectivity index (χ4v) is 3.32. The maximum absolute atomic E-state index is 6.00. The Morgan fingerprint density at radius 3 is 2.81 bits per heavy atom. The molecule has 0 aliphatic heterocycles. The summed E-state index contributed by atoms with van der Waals surface area (Å²) < 4.78 is 6.99. The molecule has 0 fully saturated rings. The second kappa shape index (κ2) is 7.67. The van der Waals surface area contributed by atoms with Gasteiger partial charge in [0.1, 0.15) is 0 Å². The van der Waals surface area contributed by atoms with Crippen LogP contribution in [0, 0.1) is 0 Å². The molecule has 2 aromatic heterocycles. The van der Waals surface area contributed by atoms with E-state index < -0.39 is 0 Å². The molecule has 0 radical (unpaired) electrons. The molecular weight excluding hydrogens is 372 g/mol. The van der Waals surface area contributed by atoms with Gasteiger partial charge >= 0.3 is 0 Å². The summed E-state index contributed by atoms with van der Waals surface area (Å²) in [6.45, 7) is 0. The number of nitrogens with zero attached hydrogens (tertiary/aromatic N) is 6. The number of para-hydroxylation sites is 1. The third-order valence-electron chi connectivity index (χ3n) is 3.53. The van der Waals surface area contributed by atoms with Crippen LogP contribution in [0.4, 0.5) is 0 Å². The Balaban J connectivity index is 1.42. The zero-order valence-corrected chi connectivity index (χ0v) is 15.1. The number of rotatable bonds is 6. The number of aromatic nitrogens is 6. The summed E-state index contributed by atoms with van der Waals surface area (Å²) in [4.78, 5) is 4.42. The fourth-order valence-electron chi connectivity index (χ4n) is 2.38. The molecule has 4 aromatic rings. The van der Waals surface area contributed by atoms with Gasteiger partial charge in [0.25, 0.3) is 0 Å². The van der Waals surface area contributed by atoms with Gasteiger partial charge in [0.15, 0.2) is 5.82 Å². The molecule has 130 valence electrons. The molecule has 0 amide bonds. The molecule has 0 bridgehead atoms. The number of thioether (sulfide) groups is 1. The predicted octanol–water partition coefficient (Wildman–Crippen LogP) is 3.58. The van der Waals surface area contributed by atoms with Gasteiger partial charge in [-0.05, 0) is 40.3 Å². The van der Waals surface area contributed by atoms with Crippen LogP contribution in [0.2, 0.25) is 5.02 Å². The normalized spacial score (nSPS) is 11.0. The second-order valence-corrected chi connectivity index (χ2v) is 6.79. The van der Waals surface area contributed by atoms with Crippen LogP contribution in [0.1, 0.15) is 17.3 Å². The Kier molecular flexibility index (Phi) is 4.94. The summed E-state index contributed by atoms with van der Waals surface area (Å²) in [6.07, 6.45) is 0.566. The highest BCUT2D eigenvalue weighted by molar-refractivity contribution is 7.98. The van der Waals surface area contributed by atoms with Crippen LogP contribution in [-0.2, 0) is 12.2 Å². The second-order valence-electron chi connectivity index (χ2n) is 5.41. The number of halogens is 1. The topological polar surface area (TPSA) is 82.5 Å². The summed E-state index contributed by atoms with van der Waals surface area (Å²) in [5.41, 5.74) is 1.93. The van der Waals surface area contributed by atoms with Crippen molar-refractivity contribution in [1.29, 1.82) is 0 Å². The molecule has 0 N–H and O–H groups in total. The number of benzene rings is 2. The van der Waals surface area contributed by atoms with E-state index in [2.05, 4.69) is 25.7 Å². The van der Waals surface area contributed by atoms with Crippen molar-refractivity contribution in [1.82, 2.24) is 30.3 Å². The predicted molar refractivity (Wildman–Crippen MR) is 97.3 cm³/mol. The quantitative estimate of drug-likeness (QED) is 0.470. The number of hydrogen-bond acceptors (Lipinski definition) is 7. The molecule has 0 atom stereocenters. The Hall–Kier alpha value is -2.71. The van der Waals surface area contributed by atoms with E-state index in [-0.39, 0.29) is 0 Å². The highest BCUT2D eigenvalue weighted by Crippen LogP contribution is 2.22. The van der Waals surface area contributed by atoms with Gasteiger partial charge in [0, 0.05) is 11.4 Å². The molecule has 0 aliphatic rings. The lowest BCUT2D eigenvalue weighted by atomic mass is 10.1. The monoisotopic (exact) mass is 384 g/mol. The first kappa shape index (κ1) is 16.7. The average Bonchev–Trinajstić information content (AvgIpc) is 3.30. The van der Waals surface area contributed by atoms with Crippen molar-refractivity contribution < 1.29 is 4.52 Å². The van der Waals surface area contributed by atoms with E-state index in [4.69, 9.17) is 16.1 Å². The highest BCUT2D eigenvalue weighted by atomic mass is 35.5. The third kappa shape index (κ3) is 3.92. The SMILES string of the molecule is Clc1cccc(Cc2noc(CSc3nnnn3-c3ccccc3)n2)c1. The van der Waals surface area contributed by atoms with Crippen molar-refractivity contribution >= 4 is 23.4 Å². The lowest BCUT2D eigenvalue weighted by Gasteiger charge is -2.02. The molecule has 2 aromatic carbocycles. The Labute approximate surface area is 158 Å². The molecule has 0 spiro atoms. The zero-order valence-electron chi connectivity index (χ0n) is 13.5. The van der Waals surface area contributed by atoms with Gasteiger partial charge < -0.3 is 4.52 Å². The highest BCUT2D eigenvalue weighted by Gasteiger charge is 2.12. The van der Waals surface area contributed by atoms with E-state index in [1.165, 1.54) is 11.8 Å². The average molecular weight is 385 g/mol. The fraction of sp³-hybridized carbons (Fsp3) is 0.118. The lowest BCUT2D eigenvalue weighted by molar-refractivity contribution is 0.385. The Morgan fingerprint density at radius 2 is 1.96 bits per heavy atom. The van der Waals surface area contributed by atoms with Crippen molar-refractivity contribution in [2.45, 2.75) is 17.3 Å². The molecule has 0 saturated carbocycles. The molecule has 0 unspecified atom stereocenters. The molecule has 2 heterocycles. The van der Waals surface area contributed by atoms with E-state index >= 15 is 0 Å². The van der Waals surface area contributed by atoms with Crippen molar-refractivity contribution in [3.63, 3.8) is 0 Å². The number of hydrogen-bond donors (Lipinski definition) is 0. The van der Waals surface area contributed by atoms with E-state index in [0.717, 1.165) is 11.3 Å². The van der Waals surface area contributed by atoms with Crippen LogP contribution >= 0.6 is 23.4 Å². The largest absolute Gasteiger partial charge is 0.338 e.